The molecule has 0 N–H and O–H groups in total. The van der Waals surface area contributed by atoms with Gasteiger partial charge in [0.15, 0.2) is 0 Å². The molecule has 0 amide bonds. The number of halogens is 1. The van der Waals surface area contributed by atoms with E-state index in [2.05, 4.69) is 5.11 Å². The first-order chi connectivity index (χ1) is 5.24. The Morgan fingerprint density at radius 2 is 1.91 bits per heavy atom. The molecule has 0 aliphatic rings. The number of nitrogens with zero attached hydrogens (tertiary/aromatic N) is 2. The molecule has 0 heterocycles. The van der Waals surface area contributed by atoms with E-state index in [0.717, 1.165) is 0 Å². The standard InChI is InChI=1S/C7H7ClN2O/c1-9-10(11)7-4-2-6(8)3-5-7/h2-5H,1H3. The molecule has 0 bridgehead atoms. The molecule has 3 nitrogen and oxygen atoms in total. The van der Waals surface area contributed by atoms with Crippen molar-refractivity contribution in [3.05, 3.63) is 34.5 Å². The normalized spacial score (nSPS) is 11.6. The Labute approximate surface area is 69.5 Å². The van der Waals surface area contributed by atoms with Gasteiger partial charge in [-0.2, -0.15) is 0 Å². The van der Waals surface area contributed by atoms with E-state index in [1.807, 2.05) is 0 Å². The van der Waals surface area contributed by atoms with E-state index in [4.69, 9.17) is 11.6 Å². The van der Waals surface area contributed by atoms with E-state index in [1.54, 1.807) is 24.3 Å². The fourth-order valence-electron chi connectivity index (χ4n) is 0.684. The van der Waals surface area contributed by atoms with Gasteiger partial charge in [0.2, 0.25) is 5.69 Å². The van der Waals surface area contributed by atoms with Crippen LogP contribution in [0.15, 0.2) is 29.4 Å². The van der Waals surface area contributed by atoms with Crippen LogP contribution in [0.1, 0.15) is 0 Å². The van der Waals surface area contributed by atoms with Crippen LogP contribution in [-0.2, 0) is 0 Å². The van der Waals surface area contributed by atoms with Gasteiger partial charge in [0, 0.05) is 17.2 Å². The maximum absolute atomic E-state index is 10.8. The smallest absolute Gasteiger partial charge is 0.244 e. The van der Waals surface area contributed by atoms with Crippen LogP contribution in [0.3, 0.4) is 0 Å². The molecule has 1 aromatic rings. The lowest BCUT2D eigenvalue weighted by Crippen LogP contribution is -1.88. The zero-order valence-electron chi connectivity index (χ0n) is 5.99. The number of azo groups is 1. The topological polar surface area (TPSA) is 38.4 Å². The van der Waals surface area contributed by atoms with Gasteiger partial charge >= 0.3 is 0 Å². The summed E-state index contributed by atoms with van der Waals surface area (Å²) in [7, 11) is 1.43. The monoisotopic (exact) mass is 170 g/mol. The summed E-state index contributed by atoms with van der Waals surface area (Å²) in [6, 6.07) is 6.52. The van der Waals surface area contributed by atoms with E-state index in [0.29, 0.717) is 15.6 Å². The van der Waals surface area contributed by atoms with Gasteiger partial charge in [0.25, 0.3) is 0 Å². The molecule has 0 atom stereocenters. The summed E-state index contributed by atoms with van der Waals surface area (Å²) < 4.78 is 0. The Bertz CT molecular complexity index is 268. The third-order valence-electron chi connectivity index (χ3n) is 1.23. The van der Waals surface area contributed by atoms with Gasteiger partial charge in [-0.05, 0) is 17.2 Å². The highest BCUT2D eigenvalue weighted by atomic mass is 35.5. The Kier molecular flexibility index (Phi) is 2.44. The molecule has 0 aliphatic carbocycles. The van der Waals surface area contributed by atoms with Crippen molar-refractivity contribution < 1.29 is 4.86 Å². The first kappa shape index (κ1) is 8.01. The van der Waals surface area contributed by atoms with E-state index >= 15 is 0 Å². The highest BCUT2D eigenvalue weighted by Gasteiger charge is 1.99. The Morgan fingerprint density at radius 3 is 2.36 bits per heavy atom. The maximum Gasteiger partial charge on any atom is 0.244 e. The van der Waals surface area contributed by atoms with Gasteiger partial charge < -0.3 is 5.21 Å². The molecule has 1 rings (SSSR count). The van der Waals surface area contributed by atoms with Crippen LogP contribution in [-0.4, -0.2) is 11.9 Å². The van der Waals surface area contributed by atoms with Crippen LogP contribution in [0, 0.1) is 5.21 Å². The molecule has 0 aliphatic heterocycles. The Morgan fingerprint density at radius 1 is 1.36 bits per heavy atom. The van der Waals surface area contributed by atoms with Crippen LogP contribution in [0.25, 0.3) is 0 Å². The molecule has 0 fully saturated rings. The molecule has 1 aromatic carbocycles. The molecule has 0 spiro atoms. The van der Waals surface area contributed by atoms with E-state index in [1.165, 1.54) is 7.05 Å². The van der Waals surface area contributed by atoms with Gasteiger partial charge in [-0.3, -0.25) is 0 Å². The predicted molar refractivity (Wildman–Crippen MR) is 43.1 cm³/mol. The van der Waals surface area contributed by atoms with Crippen LogP contribution in [0.4, 0.5) is 5.69 Å². The summed E-state index contributed by atoms with van der Waals surface area (Å²) in [5.41, 5.74) is 0.483. The van der Waals surface area contributed by atoms with Crippen LogP contribution in [0.5, 0.6) is 0 Å². The molecule has 0 saturated carbocycles. The fraction of sp³-hybridized carbons (Fsp3) is 0.143. The minimum atomic E-state index is 0.483. The van der Waals surface area contributed by atoms with Gasteiger partial charge in [-0.25, -0.2) is 0 Å². The molecule has 4 heteroatoms. The SMILES string of the molecule is CN=[N+]([O-])c1ccc(Cl)cc1. The second-order valence-corrected chi connectivity index (χ2v) is 2.39. The van der Waals surface area contributed by atoms with E-state index < -0.39 is 0 Å². The summed E-state index contributed by atoms with van der Waals surface area (Å²) in [5.74, 6) is 0. The van der Waals surface area contributed by atoms with Gasteiger partial charge in [-0.15, -0.1) is 0 Å². The van der Waals surface area contributed by atoms with Crippen molar-refractivity contribution in [2.45, 2.75) is 0 Å². The highest BCUT2D eigenvalue weighted by molar-refractivity contribution is 6.30. The molecule has 0 radical (unpaired) electrons. The number of hydrogen-bond donors (Lipinski definition) is 0. The number of benzene rings is 1. The first-order valence-electron chi connectivity index (χ1n) is 3.06. The second kappa shape index (κ2) is 3.34. The van der Waals surface area contributed by atoms with Crippen molar-refractivity contribution >= 4 is 17.3 Å². The largest absolute Gasteiger partial charge is 0.594 e. The van der Waals surface area contributed by atoms with E-state index in [-0.39, 0.29) is 0 Å². The van der Waals surface area contributed by atoms with Gasteiger partial charge in [0.1, 0.15) is 0 Å². The molecule has 0 unspecified atom stereocenters. The summed E-state index contributed by atoms with van der Waals surface area (Å²) in [5, 5.41) is 14.9. The summed E-state index contributed by atoms with van der Waals surface area (Å²) >= 11 is 5.61. The molecule has 11 heavy (non-hydrogen) atoms. The third kappa shape index (κ3) is 1.91. The van der Waals surface area contributed by atoms with Crippen molar-refractivity contribution in [1.82, 2.24) is 0 Å². The molecule has 0 saturated heterocycles. The second-order valence-electron chi connectivity index (χ2n) is 1.95. The molecular weight excluding hydrogens is 164 g/mol. The van der Waals surface area contributed by atoms with Gasteiger partial charge in [-0.1, -0.05) is 16.5 Å². The average molecular weight is 171 g/mol. The number of rotatable bonds is 1. The lowest BCUT2D eigenvalue weighted by atomic mass is 10.3. The molecule has 58 valence electrons. The van der Waals surface area contributed by atoms with Crippen molar-refractivity contribution in [1.29, 1.82) is 0 Å². The van der Waals surface area contributed by atoms with Crippen molar-refractivity contribution in [3.63, 3.8) is 0 Å². The lowest BCUT2D eigenvalue weighted by molar-refractivity contribution is -0.439. The van der Waals surface area contributed by atoms with Crippen LogP contribution >= 0.6 is 11.6 Å². The number of hydrogen-bond acceptors (Lipinski definition) is 2. The van der Waals surface area contributed by atoms with Crippen LogP contribution in [0.2, 0.25) is 5.02 Å². The van der Waals surface area contributed by atoms with Gasteiger partial charge in [0.05, 0.1) is 7.05 Å². The quantitative estimate of drug-likeness (QED) is 0.363. The predicted octanol–water partition coefficient (Wildman–Crippen LogP) is 2.56. The Balaban J connectivity index is 2.99. The summed E-state index contributed by atoms with van der Waals surface area (Å²) in [6.45, 7) is 0. The molecular formula is C7H7ClN2O. The highest BCUT2D eigenvalue weighted by Crippen LogP contribution is 2.15. The lowest BCUT2D eigenvalue weighted by Gasteiger charge is -1.96. The zero-order chi connectivity index (χ0) is 8.27. The minimum absolute atomic E-state index is 0.483. The maximum atomic E-state index is 10.8. The van der Waals surface area contributed by atoms with Crippen LogP contribution < -0.4 is 0 Å². The molecule has 0 aromatic heterocycles. The first-order valence-corrected chi connectivity index (χ1v) is 3.44. The Hall–Kier alpha value is -1.09. The zero-order valence-corrected chi connectivity index (χ0v) is 6.75. The summed E-state index contributed by atoms with van der Waals surface area (Å²) in [4.78, 5) is 0.538. The minimum Gasteiger partial charge on any atom is -0.594 e. The summed E-state index contributed by atoms with van der Waals surface area (Å²) in [6.07, 6.45) is 0. The third-order valence-corrected chi connectivity index (χ3v) is 1.48. The van der Waals surface area contributed by atoms with Crippen molar-refractivity contribution in [2.24, 2.45) is 5.11 Å². The fourth-order valence-corrected chi connectivity index (χ4v) is 0.810. The van der Waals surface area contributed by atoms with Crippen molar-refractivity contribution in [2.75, 3.05) is 7.05 Å². The average Bonchev–Trinajstić information content (AvgIpc) is 2.05. The van der Waals surface area contributed by atoms with Crippen molar-refractivity contribution in [3.8, 4) is 0 Å². The van der Waals surface area contributed by atoms with E-state index in [9.17, 15) is 5.21 Å².